The number of amides is 1. The standard InChI is InChI=1S/C11H18F2N2O/c1-8(2)3-9(16)15-6-10(4-14-5-10)11(12,13)7-15/h8,14H,3-7H2,1-2H3. The third-order valence-corrected chi connectivity index (χ3v) is 3.52. The number of likely N-dealkylation sites (tertiary alicyclic amines) is 1. The topological polar surface area (TPSA) is 32.3 Å². The molecule has 92 valence electrons. The number of halogens is 2. The zero-order valence-electron chi connectivity index (χ0n) is 9.72. The van der Waals surface area contributed by atoms with Gasteiger partial charge in [-0.05, 0) is 5.92 Å². The quantitative estimate of drug-likeness (QED) is 0.773. The summed E-state index contributed by atoms with van der Waals surface area (Å²) >= 11 is 0. The van der Waals surface area contributed by atoms with Crippen molar-refractivity contribution in [2.24, 2.45) is 11.3 Å². The lowest BCUT2D eigenvalue weighted by atomic mass is 9.78. The number of carbonyl (C=O) groups is 1. The Bertz CT molecular complexity index is 300. The first-order chi connectivity index (χ1) is 7.36. The van der Waals surface area contributed by atoms with Crippen molar-refractivity contribution >= 4 is 5.91 Å². The fourth-order valence-electron chi connectivity index (χ4n) is 2.40. The van der Waals surface area contributed by atoms with Gasteiger partial charge < -0.3 is 10.2 Å². The van der Waals surface area contributed by atoms with Crippen molar-refractivity contribution in [1.82, 2.24) is 10.2 Å². The highest BCUT2D eigenvalue weighted by Crippen LogP contribution is 2.46. The van der Waals surface area contributed by atoms with Crippen molar-refractivity contribution in [3.63, 3.8) is 0 Å². The van der Waals surface area contributed by atoms with Gasteiger partial charge in [-0.2, -0.15) is 0 Å². The lowest BCUT2D eigenvalue weighted by Crippen LogP contribution is -2.62. The lowest BCUT2D eigenvalue weighted by molar-refractivity contribution is -0.132. The fourth-order valence-corrected chi connectivity index (χ4v) is 2.40. The Morgan fingerprint density at radius 1 is 1.38 bits per heavy atom. The van der Waals surface area contributed by atoms with E-state index in [-0.39, 0.29) is 18.4 Å². The monoisotopic (exact) mass is 232 g/mol. The van der Waals surface area contributed by atoms with Gasteiger partial charge in [0.05, 0.1) is 12.0 Å². The van der Waals surface area contributed by atoms with Crippen LogP contribution in [0.4, 0.5) is 8.78 Å². The number of hydrogen-bond donors (Lipinski definition) is 1. The molecule has 5 heteroatoms. The van der Waals surface area contributed by atoms with Crippen LogP contribution in [0.2, 0.25) is 0 Å². The van der Waals surface area contributed by atoms with Crippen molar-refractivity contribution < 1.29 is 13.6 Å². The van der Waals surface area contributed by atoms with Crippen LogP contribution in [0.25, 0.3) is 0 Å². The van der Waals surface area contributed by atoms with Crippen molar-refractivity contribution in [3.05, 3.63) is 0 Å². The van der Waals surface area contributed by atoms with Crippen molar-refractivity contribution in [2.45, 2.75) is 26.2 Å². The number of hydrogen-bond acceptors (Lipinski definition) is 2. The molecule has 0 aliphatic carbocycles. The van der Waals surface area contributed by atoms with Gasteiger partial charge >= 0.3 is 0 Å². The molecule has 0 aromatic carbocycles. The van der Waals surface area contributed by atoms with Crippen LogP contribution in [0.5, 0.6) is 0 Å². The summed E-state index contributed by atoms with van der Waals surface area (Å²) in [4.78, 5) is 13.1. The molecule has 1 amide bonds. The second-order valence-electron chi connectivity index (χ2n) is 5.44. The second kappa shape index (κ2) is 3.65. The molecule has 16 heavy (non-hydrogen) atoms. The van der Waals surface area contributed by atoms with E-state index in [2.05, 4.69) is 5.32 Å². The SMILES string of the molecule is CC(C)CC(=O)N1CC(F)(F)C2(CNC2)C1. The van der Waals surface area contributed by atoms with Crippen molar-refractivity contribution in [3.8, 4) is 0 Å². The van der Waals surface area contributed by atoms with E-state index in [4.69, 9.17) is 0 Å². The molecule has 0 bridgehead atoms. The molecule has 1 N–H and O–H groups in total. The third kappa shape index (κ3) is 1.71. The van der Waals surface area contributed by atoms with Gasteiger partial charge in [-0.25, -0.2) is 8.78 Å². The van der Waals surface area contributed by atoms with E-state index < -0.39 is 17.9 Å². The van der Waals surface area contributed by atoms with Gasteiger partial charge in [-0.1, -0.05) is 13.8 Å². The molecule has 1 spiro atoms. The summed E-state index contributed by atoms with van der Waals surface area (Å²) in [5, 5.41) is 2.88. The first-order valence-electron chi connectivity index (χ1n) is 5.73. The summed E-state index contributed by atoms with van der Waals surface area (Å²) in [6.07, 6.45) is 0.361. The zero-order chi connectivity index (χ0) is 12.0. The molecule has 0 atom stereocenters. The van der Waals surface area contributed by atoms with E-state index in [9.17, 15) is 13.6 Å². The Morgan fingerprint density at radius 2 is 2.00 bits per heavy atom. The molecule has 2 rings (SSSR count). The lowest BCUT2D eigenvalue weighted by Gasteiger charge is -2.42. The van der Waals surface area contributed by atoms with Crippen LogP contribution in [0, 0.1) is 11.3 Å². The summed E-state index contributed by atoms with van der Waals surface area (Å²) in [6, 6.07) is 0. The summed E-state index contributed by atoms with van der Waals surface area (Å²) in [7, 11) is 0. The molecule has 0 unspecified atom stereocenters. The Morgan fingerprint density at radius 3 is 2.38 bits per heavy atom. The van der Waals surface area contributed by atoms with Crippen LogP contribution in [-0.2, 0) is 4.79 Å². The molecule has 2 aliphatic heterocycles. The van der Waals surface area contributed by atoms with Crippen LogP contribution < -0.4 is 5.32 Å². The molecule has 3 nitrogen and oxygen atoms in total. The smallest absolute Gasteiger partial charge is 0.274 e. The van der Waals surface area contributed by atoms with Gasteiger partial charge in [0.15, 0.2) is 0 Å². The van der Waals surface area contributed by atoms with Gasteiger partial charge in [-0.3, -0.25) is 4.79 Å². The Balaban J connectivity index is 2.03. The van der Waals surface area contributed by atoms with E-state index >= 15 is 0 Å². The average molecular weight is 232 g/mol. The molecule has 2 heterocycles. The molecule has 0 saturated carbocycles. The highest BCUT2D eigenvalue weighted by atomic mass is 19.3. The number of nitrogens with one attached hydrogen (secondary N) is 1. The normalized spacial score (nSPS) is 26.2. The minimum absolute atomic E-state index is 0.140. The number of alkyl halides is 2. The molecule has 2 saturated heterocycles. The summed E-state index contributed by atoms with van der Waals surface area (Å²) in [5.74, 6) is -2.65. The number of nitrogens with zero attached hydrogens (tertiary/aromatic N) is 1. The summed E-state index contributed by atoms with van der Waals surface area (Å²) in [6.45, 7) is 4.30. The molecule has 0 aromatic heterocycles. The highest BCUT2D eigenvalue weighted by molar-refractivity contribution is 5.77. The van der Waals surface area contributed by atoms with E-state index in [0.717, 1.165) is 0 Å². The number of rotatable bonds is 2. The van der Waals surface area contributed by atoms with Gasteiger partial charge in [0, 0.05) is 26.1 Å². The molecule has 2 aliphatic rings. The van der Waals surface area contributed by atoms with Crippen LogP contribution in [0.3, 0.4) is 0 Å². The predicted molar refractivity (Wildman–Crippen MR) is 56.3 cm³/mol. The van der Waals surface area contributed by atoms with Gasteiger partial charge in [0.2, 0.25) is 5.91 Å². The first-order valence-corrected chi connectivity index (χ1v) is 5.73. The molecule has 0 aromatic rings. The average Bonchev–Trinajstić information content (AvgIpc) is 2.35. The van der Waals surface area contributed by atoms with Crippen LogP contribution in [-0.4, -0.2) is 42.9 Å². The summed E-state index contributed by atoms with van der Waals surface area (Å²) in [5.41, 5.74) is -0.986. The fraction of sp³-hybridized carbons (Fsp3) is 0.909. The number of carbonyl (C=O) groups excluding carboxylic acids is 1. The van der Waals surface area contributed by atoms with E-state index in [1.807, 2.05) is 13.8 Å². The predicted octanol–water partition coefficient (Wildman–Crippen LogP) is 1.10. The maximum Gasteiger partial charge on any atom is 0.274 e. The Labute approximate surface area is 94.2 Å². The van der Waals surface area contributed by atoms with Crippen molar-refractivity contribution in [1.29, 1.82) is 0 Å². The molecular weight excluding hydrogens is 214 g/mol. The maximum absolute atomic E-state index is 13.8. The minimum atomic E-state index is -2.73. The van der Waals surface area contributed by atoms with Gasteiger partial charge in [0.25, 0.3) is 5.92 Å². The van der Waals surface area contributed by atoms with Crippen molar-refractivity contribution in [2.75, 3.05) is 26.2 Å². The van der Waals surface area contributed by atoms with E-state index in [1.165, 1.54) is 4.90 Å². The van der Waals surface area contributed by atoms with Crippen LogP contribution in [0.1, 0.15) is 20.3 Å². The second-order valence-corrected chi connectivity index (χ2v) is 5.44. The third-order valence-electron chi connectivity index (χ3n) is 3.52. The summed E-state index contributed by atoms with van der Waals surface area (Å²) < 4.78 is 27.5. The first kappa shape index (κ1) is 11.8. The van der Waals surface area contributed by atoms with Crippen LogP contribution >= 0.6 is 0 Å². The molecular formula is C11H18F2N2O. The van der Waals surface area contributed by atoms with Gasteiger partial charge in [-0.15, -0.1) is 0 Å². The van der Waals surface area contributed by atoms with Gasteiger partial charge in [0.1, 0.15) is 0 Å². The minimum Gasteiger partial charge on any atom is -0.336 e. The largest absolute Gasteiger partial charge is 0.336 e. The maximum atomic E-state index is 13.8. The highest BCUT2D eigenvalue weighted by Gasteiger charge is 2.63. The Hall–Kier alpha value is -0.710. The zero-order valence-corrected chi connectivity index (χ0v) is 9.72. The van der Waals surface area contributed by atoms with E-state index in [0.29, 0.717) is 19.5 Å². The Kier molecular flexibility index (Phi) is 2.69. The van der Waals surface area contributed by atoms with E-state index in [1.54, 1.807) is 0 Å². The van der Waals surface area contributed by atoms with Crippen LogP contribution in [0.15, 0.2) is 0 Å². The molecule has 0 radical (unpaired) electrons. The molecule has 2 fully saturated rings.